The number of hydrogen-bond donors (Lipinski definition) is 2. The van der Waals surface area contributed by atoms with E-state index in [1.54, 1.807) is 23.1 Å². The van der Waals surface area contributed by atoms with E-state index in [1.807, 2.05) is 38.3 Å². The Hall–Kier alpha value is -2.54. The van der Waals surface area contributed by atoms with Crippen molar-refractivity contribution in [1.82, 2.24) is 0 Å². The fraction of sp³-hybridized carbons (Fsp3) is 0.368. The van der Waals surface area contributed by atoms with Crippen LogP contribution in [0.5, 0.6) is 5.75 Å². The number of hydrogen-bond acceptors (Lipinski definition) is 4. The van der Waals surface area contributed by atoms with Crippen LogP contribution in [0.25, 0.3) is 0 Å². The van der Waals surface area contributed by atoms with Gasteiger partial charge in [0.25, 0.3) is 0 Å². The van der Waals surface area contributed by atoms with Gasteiger partial charge in [0.05, 0.1) is 16.1 Å². The molecule has 1 aliphatic heterocycles. The molecule has 0 saturated heterocycles. The predicted molar refractivity (Wildman–Crippen MR) is 105 cm³/mol. The molecule has 26 heavy (non-hydrogen) atoms. The van der Waals surface area contributed by atoms with Crippen molar-refractivity contribution in [2.45, 2.75) is 27.2 Å². The van der Waals surface area contributed by atoms with Crippen LogP contribution in [0.4, 0.5) is 21.2 Å². The first kappa shape index (κ1) is 18.3. The number of amides is 3. The number of urea groups is 1. The highest BCUT2D eigenvalue weighted by atomic mass is 32.1. The average Bonchev–Trinajstić information content (AvgIpc) is 3.07. The van der Waals surface area contributed by atoms with Gasteiger partial charge in [0.2, 0.25) is 5.91 Å². The van der Waals surface area contributed by atoms with Gasteiger partial charge in [-0.3, -0.25) is 10.1 Å². The Morgan fingerprint density at radius 1 is 1.31 bits per heavy atom. The second-order valence-corrected chi connectivity index (χ2v) is 7.82. The summed E-state index contributed by atoms with van der Waals surface area (Å²) in [7, 11) is 0. The van der Waals surface area contributed by atoms with Crippen molar-refractivity contribution in [1.29, 1.82) is 0 Å². The Kier molecular flexibility index (Phi) is 5.18. The zero-order chi connectivity index (χ0) is 18.7. The fourth-order valence-corrected chi connectivity index (χ4v) is 3.40. The molecule has 2 heterocycles. The van der Waals surface area contributed by atoms with Crippen molar-refractivity contribution in [2.75, 3.05) is 28.7 Å². The predicted octanol–water partition coefficient (Wildman–Crippen LogP) is 4.55. The Bertz CT molecular complexity index is 802. The minimum atomic E-state index is -0.599. The van der Waals surface area contributed by atoms with E-state index in [4.69, 9.17) is 4.74 Å². The standard InChI is InChI=1S/C19H23N3O3S/c1-4-9-22-14-11-13(20-18(24)21-16-6-5-10-26-16)7-8-15(14)25-12-19(2,3)17(22)23/h5-8,10-11H,4,9,12H2,1-3H3,(H2,20,21,24). The van der Waals surface area contributed by atoms with Crippen LogP contribution >= 0.6 is 11.3 Å². The van der Waals surface area contributed by atoms with Crippen LogP contribution in [0.1, 0.15) is 27.2 Å². The maximum absolute atomic E-state index is 12.9. The van der Waals surface area contributed by atoms with Crippen molar-refractivity contribution < 1.29 is 14.3 Å². The number of fused-ring (bicyclic) bond motifs is 1. The van der Waals surface area contributed by atoms with E-state index in [2.05, 4.69) is 10.6 Å². The first-order valence-electron chi connectivity index (χ1n) is 8.61. The van der Waals surface area contributed by atoms with Crippen molar-refractivity contribution in [3.8, 4) is 5.75 Å². The summed E-state index contributed by atoms with van der Waals surface area (Å²) in [5.41, 5.74) is 0.699. The number of carbonyl (C=O) groups is 2. The molecule has 3 amide bonds. The molecule has 0 atom stereocenters. The lowest BCUT2D eigenvalue weighted by Gasteiger charge is -2.27. The highest BCUT2D eigenvalue weighted by Crippen LogP contribution is 2.38. The minimum Gasteiger partial charge on any atom is -0.490 e. The molecule has 2 N–H and O–H groups in total. The van der Waals surface area contributed by atoms with Crippen LogP contribution in [0.2, 0.25) is 0 Å². The van der Waals surface area contributed by atoms with Gasteiger partial charge in [0.1, 0.15) is 12.4 Å². The number of nitrogens with zero attached hydrogens (tertiary/aromatic N) is 1. The third-order valence-corrected chi connectivity index (χ3v) is 4.91. The number of benzene rings is 1. The smallest absolute Gasteiger partial charge is 0.324 e. The van der Waals surface area contributed by atoms with Crippen molar-refractivity contribution in [2.24, 2.45) is 5.41 Å². The van der Waals surface area contributed by atoms with Crippen LogP contribution in [0.3, 0.4) is 0 Å². The van der Waals surface area contributed by atoms with Crippen LogP contribution in [0.15, 0.2) is 35.7 Å². The van der Waals surface area contributed by atoms with Crippen molar-refractivity contribution in [3.63, 3.8) is 0 Å². The highest BCUT2D eigenvalue weighted by Gasteiger charge is 2.37. The lowest BCUT2D eigenvalue weighted by atomic mass is 9.93. The molecule has 0 bridgehead atoms. The number of rotatable bonds is 4. The van der Waals surface area contributed by atoms with E-state index >= 15 is 0 Å². The van der Waals surface area contributed by atoms with Gasteiger partial charge >= 0.3 is 6.03 Å². The third kappa shape index (κ3) is 3.83. The average molecular weight is 373 g/mol. The van der Waals surface area contributed by atoms with E-state index in [0.29, 0.717) is 30.3 Å². The molecule has 1 aromatic carbocycles. The summed E-state index contributed by atoms with van der Waals surface area (Å²) in [6.45, 7) is 6.73. The van der Waals surface area contributed by atoms with Gasteiger partial charge in [-0.15, -0.1) is 11.3 Å². The summed E-state index contributed by atoms with van der Waals surface area (Å²) >= 11 is 1.45. The second-order valence-electron chi connectivity index (χ2n) is 6.87. The number of ether oxygens (including phenoxy) is 1. The van der Waals surface area contributed by atoms with E-state index in [-0.39, 0.29) is 11.9 Å². The molecule has 2 aromatic rings. The molecule has 0 fully saturated rings. The lowest BCUT2D eigenvalue weighted by molar-refractivity contribution is -0.127. The third-order valence-electron chi connectivity index (χ3n) is 4.13. The Labute approximate surface area is 157 Å². The first-order chi connectivity index (χ1) is 12.4. The summed E-state index contributed by atoms with van der Waals surface area (Å²) in [5, 5.41) is 8.25. The summed E-state index contributed by atoms with van der Waals surface area (Å²) in [4.78, 5) is 26.8. The Morgan fingerprint density at radius 2 is 2.12 bits per heavy atom. The summed E-state index contributed by atoms with van der Waals surface area (Å²) in [6, 6.07) is 8.75. The largest absolute Gasteiger partial charge is 0.490 e. The monoisotopic (exact) mass is 373 g/mol. The number of thiophene rings is 1. The van der Waals surface area contributed by atoms with Crippen LogP contribution in [0, 0.1) is 5.41 Å². The Balaban J connectivity index is 1.85. The molecule has 1 aliphatic rings. The van der Waals surface area contributed by atoms with Crippen LogP contribution < -0.4 is 20.3 Å². The van der Waals surface area contributed by atoms with E-state index in [0.717, 1.165) is 11.4 Å². The maximum atomic E-state index is 12.9. The number of nitrogens with one attached hydrogen (secondary N) is 2. The molecule has 1 aromatic heterocycles. The summed E-state index contributed by atoms with van der Waals surface area (Å²) in [5.74, 6) is 0.680. The van der Waals surface area contributed by atoms with Gasteiger partial charge in [0.15, 0.2) is 0 Å². The molecular weight excluding hydrogens is 350 g/mol. The number of carbonyl (C=O) groups excluding carboxylic acids is 2. The minimum absolute atomic E-state index is 0.0262. The van der Waals surface area contributed by atoms with Crippen LogP contribution in [-0.4, -0.2) is 25.1 Å². The molecule has 138 valence electrons. The van der Waals surface area contributed by atoms with Gasteiger partial charge in [-0.2, -0.15) is 0 Å². The van der Waals surface area contributed by atoms with E-state index < -0.39 is 5.41 Å². The topological polar surface area (TPSA) is 70.7 Å². The first-order valence-corrected chi connectivity index (χ1v) is 9.49. The zero-order valence-electron chi connectivity index (χ0n) is 15.2. The lowest BCUT2D eigenvalue weighted by Crippen LogP contribution is -2.42. The van der Waals surface area contributed by atoms with Gasteiger partial charge in [-0.25, -0.2) is 4.79 Å². The van der Waals surface area contributed by atoms with Gasteiger partial charge in [-0.1, -0.05) is 6.92 Å². The molecule has 0 radical (unpaired) electrons. The van der Waals surface area contributed by atoms with E-state index in [9.17, 15) is 9.59 Å². The molecule has 0 aliphatic carbocycles. The fourth-order valence-electron chi connectivity index (χ4n) is 2.79. The van der Waals surface area contributed by atoms with Gasteiger partial charge in [-0.05, 0) is 56.0 Å². The summed E-state index contributed by atoms with van der Waals surface area (Å²) in [6.07, 6.45) is 0.831. The van der Waals surface area contributed by atoms with Crippen LogP contribution in [-0.2, 0) is 4.79 Å². The normalized spacial score (nSPS) is 15.7. The van der Waals surface area contributed by atoms with Gasteiger partial charge in [0, 0.05) is 12.2 Å². The SMILES string of the molecule is CCCN1C(=O)C(C)(C)COc2ccc(NC(=O)Nc3cccs3)cc21. The molecule has 7 heteroatoms. The highest BCUT2D eigenvalue weighted by molar-refractivity contribution is 7.14. The Morgan fingerprint density at radius 3 is 2.81 bits per heavy atom. The quantitative estimate of drug-likeness (QED) is 0.826. The maximum Gasteiger partial charge on any atom is 0.324 e. The molecule has 0 saturated carbocycles. The second kappa shape index (κ2) is 7.37. The number of anilines is 3. The van der Waals surface area contributed by atoms with Crippen molar-refractivity contribution >= 4 is 39.7 Å². The van der Waals surface area contributed by atoms with Gasteiger partial charge < -0.3 is 15.0 Å². The summed E-state index contributed by atoms with van der Waals surface area (Å²) < 4.78 is 5.87. The molecule has 0 spiro atoms. The molecular formula is C19H23N3O3S. The zero-order valence-corrected chi connectivity index (χ0v) is 16.0. The van der Waals surface area contributed by atoms with E-state index in [1.165, 1.54) is 11.3 Å². The van der Waals surface area contributed by atoms with Crippen molar-refractivity contribution in [3.05, 3.63) is 35.7 Å². The molecule has 3 rings (SSSR count). The molecule has 6 nitrogen and oxygen atoms in total. The molecule has 0 unspecified atom stereocenters.